The van der Waals surface area contributed by atoms with Gasteiger partial charge >= 0.3 is 0 Å². The quantitative estimate of drug-likeness (QED) is 0.403. The topological polar surface area (TPSA) is 92.9 Å². The summed E-state index contributed by atoms with van der Waals surface area (Å²) in [6.45, 7) is 4.10. The van der Waals surface area contributed by atoms with Gasteiger partial charge in [-0.15, -0.1) is 11.6 Å². The Bertz CT molecular complexity index is 1490. The number of dihydropyridines is 1. The van der Waals surface area contributed by atoms with Gasteiger partial charge in [0.2, 0.25) is 11.8 Å². The lowest BCUT2D eigenvalue weighted by atomic mass is 10.0. The molecule has 38 heavy (non-hydrogen) atoms. The molecule has 0 N–H and O–H groups in total. The molecule has 0 spiro atoms. The van der Waals surface area contributed by atoms with Crippen LogP contribution in [0.5, 0.6) is 5.88 Å². The summed E-state index contributed by atoms with van der Waals surface area (Å²) >= 11 is 12.4. The van der Waals surface area contributed by atoms with Crippen molar-refractivity contribution < 1.29 is 14.3 Å². The van der Waals surface area contributed by atoms with Crippen molar-refractivity contribution in [1.82, 2.24) is 19.4 Å². The van der Waals surface area contributed by atoms with Gasteiger partial charge in [0.15, 0.2) is 0 Å². The summed E-state index contributed by atoms with van der Waals surface area (Å²) in [4.78, 5) is 42.4. The number of aliphatic imine (C=N–C) groups is 1. The Hall–Kier alpha value is -3.69. The van der Waals surface area contributed by atoms with Crippen molar-refractivity contribution in [2.75, 3.05) is 26.1 Å². The number of ether oxygens (including phenoxy) is 1. The van der Waals surface area contributed by atoms with Gasteiger partial charge < -0.3 is 14.2 Å². The molecule has 4 heterocycles. The number of fused-ring (bicyclic) bond motifs is 1. The Labute approximate surface area is 230 Å². The van der Waals surface area contributed by atoms with Crippen LogP contribution in [0, 0.1) is 0 Å². The Morgan fingerprint density at radius 3 is 2.42 bits per heavy atom. The average Bonchev–Trinajstić information content (AvgIpc) is 3.41. The summed E-state index contributed by atoms with van der Waals surface area (Å²) < 4.78 is 7.75. The van der Waals surface area contributed by atoms with Crippen molar-refractivity contribution in [2.45, 2.75) is 31.3 Å². The predicted molar refractivity (Wildman–Crippen MR) is 147 cm³/mol. The molecule has 1 aromatic carbocycles. The van der Waals surface area contributed by atoms with Gasteiger partial charge in [0, 0.05) is 31.4 Å². The van der Waals surface area contributed by atoms with Crippen molar-refractivity contribution in [2.24, 2.45) is 4.99 Å². The number of aromatic nitrogens is 3. The van der Waals surface area contributed by atoms with Crippen molar-refractivity contribution in [3.8, 4) is 17.1 Å². The van der Waals surface area contributed by atoms with Crippen LogP contribution in [0.3, 0.4) is 0 Å². The van der Waals surface area contributed by atoms with Crippen LogP contribution >= 0.6 is 23.2 Å². The van der Waals surface area contributed by atoms with Crippen LogP contribution in [-0.2, 0) is 4.79 Å². The van der Waals surface area contributed by atoms with E-state index in [0.717, 1.165) is 17.0 Å². The number of hydrogen-bond donors (Lipinski definition) is 0. The smallest absolute Gasteiger partial charge is 0.267 e. The summed E-state index contributed by atoms with van der Waals surface area (Å²) in [5, 5.41) is -0.370. The number of benzene rings is 1. The normalized spacial score (nSPS) is 18.7. The van der Waals surface area contributed by atoms with E-state index in [9.17, 15) is 9.59 Å². The highest BCUT2D eigenvalue weighted by Gasteiger charge is 2.44. The van der Waals surface area contributed by atoms with Gasteiger partial charge in [-0.3, -0.25) is 14.5 Å². The number of anilines is 1. The number of alkyl halides is 1. The first-order chi connectivity index (χ1) is 18.1. The van der Waals surface area contributed by atoms with E-state index in [1.165, 1.54) is 6.21 Å². The summed E-state index contributed by atoms with van der Waals surface area (Å²) in [6, 6.07) is 8.64. The Kier molecular flexibility index (Phi) is 6.75. The standard InChI is InChI=1S/C27H26Cl2N6O3/c1-14(2)34-21(19-13-31-27(33(3)4)32-25(19)38-5)11-18-23(34)22(15-6-8-16(28)9-7-15)35(26(18)37)17-10-20(29)24(36)30-12-17/h6-14,20,22H,1-5H3/t20?,22-/m1/s1. The third-order valence-corrected chi connectivity index (χ3v) is 7.07. The molecule has 0 bridgehead atoms. The molecule has 5 rings (SSSR count). The highest BCUT2D eigenvalue weighted by Crippen LogP contribution is 2.47. The van der Waals surface area contributed by atoms with Gasteiger partial charge in [0.05, 0.1) is 41.5 Å². The summed E-state index contributed by atoms with van der Waals surface area (Å²) in [5.74, 6) is 0.210. The molecule has 196 valence electrons. The molecule has 2 amide bonds. The second-order valence-electron chi connectivity index (χ2n) is 9.50. The average molecular weight is 553 g/mol. The minimum Gasteiger partial charge on any atom is -0.480 e. The molecule has 2 atom stereocenters. The van der Waals surface area contributed by atoms with Crippen LogP contribution in [0.25, 0.3) is 11.3 Å². The molecule has 0 aliphatic carbocycles. The van der Waals surface area contributed by atoms with E-state index in [1.807, 2.05) is 46.1 Å². The molecule has 1 unspecified atom stereocenters. The van der Waals surface area contributed by atoms with E-state index in [2.05, 4.69) is 19.5 Å². The van der Waals surface area contributed by atoms with Crippen molar-refractivity contribution >= 4 is 47.2 Å². The molecule has 0 radical (unpaired) electrons. The van der Waals surface area contributed by atoms with Gasteiger partial charge in [0.1, 0.15) is 11.4 Å². The van der Waals surface area contributed by atoms with Crippen LogP contribution in [0.4, 0.5) is 5.95 Å². The molecule has 2 aromatic heterocycles. The molecule has 2 aliphatic rings. The van der Waals surface area contributed by atoms with E-state index in [-0.39, 0.29) is 11.9 Å². The maximum absolute atomic E-state index is 14.0. The van der Waals surface area contributed by atoms with Crippen LogP contribution < -0.4 is 9.64 Å². The maximum Gasteiger partial charge on any atom is 0.267 e. The second kappa shape index (κ2) is 9.89. The number of carbonyl (C=O) groups is 2. The molecule has 0 saturated carbocycles. The molecular formula is C27H26Cl2N6O3. The molecule has 11 heteroatoms. The van der Waals surface area contributed by atoms with Gasteiger partial charge in [-0.1, -0.05) is 23.7 Å². The minimum absolute atomic E-state index is 0.0362. The number of halogens is 2. The summed E-state index contributed by atoms with van der Waals surface area (Å²) in [6.07, 6.45) is 4.66. The van der Waals surface area contributed by atoms with Gasteiger partial charge in [0.25, 0.3) is 11.8 Å². The zero-order chi connectivity index (χ0) is 27.3. The van der Waals surface area contributed by atoms with Crippen LogP contribution in [-0.4, -0.2) is 64.0 Å². The minimum atomic E-state index is -0.951. The summed E-state index contributed by atoms with van der Waals surface area (Å²) in [5.41, 5.74) is 4.04. The fourth-order valence-corrected chi connectivity index (χ4v) is 5.16. The monoisotopic (exact) mass is 552 g/mol. The van der Waals surface area contributed by atoms with Crippen molar-refractivity contribution in [1.29, 1.82) is 0 Å². The lowest BCUT2D eigenvalue weighted by Crippen LogP contribution is -2.33. The zero-order valence-electron chi connectivity index (χ0n) is 21.5. The molecule has 9 nitrogen and oxygen atoms in total. The predicted octanol–water partition coefficient (Wildman–Crippen LogP) is 4.90. The molecule has 0 fully saturated rings. The first kappa shape index (κ1) is 25.9. The fraction of sp³-hybridized carbons (Fsp3) is 0.296. The number of hydrogen-bond acceptors (Lipinski definition) is 6. The number of carbonyl (C=O) groups excluding carboxylic acids is 2. The number of amides is 2. The maximum atomic E-state index is 14.0. The Morgan fingerprint density at radius 2 is 1.82 bits per heavy atom. The third kappa shape index (κ3) is 4.25. The number of allylic oxidation sites excluding steroid dienone is 1. The van der Waals surface area contributed by atoms with E-state index >= 15 is 0 Å². The van der Waals surface area contributed by atoms with Crippen LogP contribution in [0.15, 0.2) is 53.3 Å². The SMILES string of the molecule is COc1nc(N(C)C)ncc1-c1cc2c(n1C(C)C)[C@@H](c1ccc(Cl)cc1)N(C1=CC(Cl)C(=O)N=C1)C2=O. The lowest BCUT2D eigenvalue weighted by Gasteiger charge is -2.30. The number of rotatable bonds is 6. The first-order valence-electron chi connectivity index (χ1n) is 12.0. The van der Waals surface area contributed by atoms with Crippen LogP contribution in [0.2, 0.25) is 5.02 Å². The first-order valence-corrected chi connectivity index (χ1v) is 12.8. The lowest BCUT2D eigenvalue weighted by molar-refractivity contribution is -0.116. The zero-order valence-corrected chi connectivity index (χ0v) is 23.0. The van der Waals surface area contributed by atoms with E-state index in [4.69, 9.17) is 27.9 Å². The molecule has 3 aromatic rings. The van der Waals surface area contributed by atoms with Gasteiger partial charge in [-0.05, 0) is 43.7 Å². The largest absolute Gasteiger partial charge is 0.480 e. The highest BCUT2D eigenvalue weighted by molar-refractivity contribution is 6.34. The van der Waals surface area contributed by atoms with Gasteiger partial charge in [-0.25, -0.2) is 9.98 Å². The van der Waals surface area contributed by atoms with E-state index in [1.54, 1.807) is 41.3 Å². The van der Waals surface area contributed by atoms with E-state index in [0.29, 0.717) is 33.7 Å². The van der Waals surface area contributed by atoms with Crippen LogP contribution in [0.1, 0.15) is 47.5 Å². The molecule has 0 saturated heterocycles. The van der Waals surface area contributed by atoms with Gasteiger partial charge in [-0.2, -0.15) is 4.98 Å². The number of methoxy groups -OCH3 is 1. The number of nitrogens with zero attached hydrogens (tertiary/aromatic N) is 6. The molecule has 2 aliphatic heterocycles. The highest BCUT2D eigenvalue weighted by atomic mass is 35.5. The van der Waals surface area contributed by atoms with Crippen molar-refractivity contribution in [3.05, 3.63) is 70.1 Å². The Balaban J connectivity index is 1.74. The Morgan fingerprint density at radius 1 is 1.11 bits per heavy atom. The molecular weight excluding hydrogens is 527 g/mol. The second-order valence-corrected chi connectivity index (χ2v) is 10.4. The third-order valence-electron chi connectivity index (χ3n) is 6.51. The fourth-order valence-electron chi connectivity index (χ4n) is 4.85. The van der Waals surface area contributed by atoms with Crippen molar-refractivity contribution in [3.63, 3.8) is 0 Å². The summed E-state index contributed by atoms with van der Waals surface area (Å²) in [7, 11) is 5.27. The van der Waals surface area contributed by atoms with E-state index < -0.39 is 17.3 Å².